The van der Waals surface area contributed by atoms with E-state index in [1.54, 1.807) is 0 Å². The monoisotopic (exact) mass is 377 g/mol. The molecule has 1 aliphatic rings. The zero-order valence-electron chi connectivity index (χ0n) is 15.5. The minimum absolute atomic E-state index is 0.324. The Hall–Kier alpha value is -2.89. The molecule has 0 amide bonds. The SMILES string of the molecule is c1ccc2c3c(ccc2c1)CP(n1cccc1)Cc1ccc2ccccc2c1-3. The van der Waals surface area contributed by atoms with Crippen LogP contribution in [0, 0.1) is 0 Å². The zero-order chi connectivity index (χ0) is 18.5. The molecule has 134 valence electrons. The van der Waals surface area contributed by atoms with E-state index in [2.05, 4.69) is 102 Å². The smallest absolute Gasteiger partial charge is 0.0123 e. The standard InChI is InChI=1S/C26H20NP/c1-3-9-23-19(7-1)11-13-21-17-28(27-15-5-6-16-27)18-22-14-12-20-8-2-4-10-24(20)26(22)25(21)23/h1-16H,17-18H2. The van der Waals surface area contributed by atoms with E-state index < -0.39 is 0 Å². The summed E-state index contributed by atoms with van der Waals surface area (Å²) in [7, 11) is -0.324. The predicted octanol–water partition coefficient (Wildman–Crippen LogP) is 7.42. The Morgan fingerprint density at radius 2 is 1.04 bits per heavy atom. The summed E-state index contributed by atoms with van der Waals surface area (Å²) in [6, 6.07) is 31.3. The summed E-state index contributed by atoms with van der Waals surface area (Å²) in [6.45, 7) is 0. The number of aromatic nitrogens is 1. The Balaban J connectivity index is 1.74. The van der Waals surface area contributed by atoms with Crippen molar-refractivity contribution in [2.45, 2.75) is 12.3 Å². The predicted molar refractivity (Wildman–Crippen MR) is 121 cm³/mol. The van der Waals surface area contributed by atoms with Crippen LogP contribution in [0.15, 0.2) is 97.3 Å². The molecule has 0 atom stereocenters. The van der Waals surface area contributed by atoms with Crippen LogP contribution in [0.5, 0.6) is 0 Å². The molecular weight excluding hydrogens is 357 g/mol. The van der Waals surface area contributed by atoms with Crippen LogP contribution in [-0.2, 0) is 12.3 Å². The molecule has 1 nitrogen and oxygen atoms in total. The average Bonchev–Trinajstić information content (AvgIpc) is 3.22. The van der Waals surface area contributed by atoms with E-state index in [-0.39, 0.29) is 8.07 Å². The van der Waals surface area contributed by atoms with E-state index in [1.165, 1.54) is 43.8 Å². The van der Waals surface area contributed by atoms with Crippen LogP contribution in [0.2, 0.25) is 0 Å². The Morgan fingerprint density at radius 1 is 0.536 bits per heavy atom. The summed E-state index contributed by atoms with van der Waals surface area (Å²) in [4.78, 5) is 0. The van der Waals surface area contributed by atoms with E-state index in [0.717, 1.165) is 12.3 Å². The van der Waals surface area contributed by atoms with Gasteiger partial charge in [0, 0.05) is 32.8 Å². The number of hydrogen-bond donors (Lipinski definition) is 0. The van der Waals surface area contributed by atoms with Crippen LogP contribution in [0.3, 0.4) is 0 Å². The maximum absolute atomic E-state index is 2.44. The molecule has 1 aromatic heterocycles. The summed E-state index contributed by atoms with van der Waals surface area (Å²) in [5, 5.41) is 5.41. The van der Waals surface area contributed by atoms with Crippen molar-refractivity contribution >= 4 is 29.6 Å². The molecule has 0 N–H and O–H groups in total. The van der Waals surface area contributed by atoms with Crippen molar-refractivity contribution in [2.75, 3.05) is 0 Å². The first-order chi connectivity index (χ1) is 13.9. The van der Waals surface area contributed by atoms with E-state index in [9.17, 15) is 0 Å². The van der Waals surface area contributed by atoms with Crippen molar-refractivity contribution in [1.82, 2.24) is 4.34 Å². The minimum Gasteiger partial charge on any atom is -0.332 e. The second-order valence-corrected chi connectivity index (χ2v) is 9.63. The largest absolute Gasteiger partial charge is 0.332 e. The second-order valence-electron chi connectivity index (χ2n) is 7.53. The van der Waals surface area contributed by atoms with Crippen molar-refractivity contribution in [1.29, 1.82) is 0 Å². The van der Waals surface area contributed by atoms with E-state index in [4.69, 9.17) is 0 Å². The number of fused-ring (bicyclic) bond motifs is 7. The van der Waals surface area contributed by atoms with Gasteiger partial charge < -0.3 is 4.34 Å². The number of rotatable bonds is 1. The van der Waals surface area contributed by atoms with Crippen LogP contribution < -0.4 is 0 Å². The highest BCUT2D eigenvalue weighted by Gasteiger charge is 2.25. The van der Waals surface area contributed by atoms with Gasteiger partial charge in [0.25, 0.3) is 0 Å². The number of benzene rings is 4. The summed E-state index contributed by atoms with van der Waals surface area (Å²) in [5.74, 6) is 0. The molecule has 6 rings (SSSR count). The van der Waals surface area contributed by atoms with Crippen molar-refractivity contribution in [3.8, 4) is 11.1 Å². The third-order valence-electron chi connectivity index (χ3n) is 5.90. The highest BCUT2D eigenvalue weighted by molar-refractivity contribution is 7.54. The van der Waals surface area contributed by atoms with Gasteiger partial charge in [-0.2, -0.15) is 0 Å². The fourth-order valence-electron chi connectivity index (χ4n) is 4.61. The summed E-state index contributed by atoms with van der Waals surface area (Å²) < 4.78 is 2.44. The number of nitrogens with zero attached hydrogens (tertiary/aromatic N) is 1. The molecule has 0 bridgehead atoms. The Kier molecular flexibility index (Phi) is 3.64. The van der Waals surface area contributed by atoms with Gasteiger partial charge in [0.1, 0.15) is 0 Å². The molecule has 5 aromatic rings. The lowest BCUT2D eigenvalue weighted by Crippen LogP contribution is -1.94. The second kappa shape index (κ2) is 6.33. The maximum atomic E-state index is 2.44. The molecular formula is C26H20NP. The minimum atomic E-state index is -0.324. The van der Waals surface area contributed by atoms with Crippen molar-refractivity contribution < 1.29 is 0 Å². The van der Waals surface area contributed by atoms with Crippen LogP contribution in [0.25, 0.3) is 32.7 Å². The molecule has 0 aliphatic carbocycles. The lowest BCUT2D eigenvalue weighted by atomic mass is 9.88. The van der Waals surface area contributed by atoms with Gasteiger partial charge in [-0.15, -0.1) is 0 Å². The van der Waals surface area contributed by atoms with Crippen LogP contribution in [0.1, 0.15) is 11.1 Å². The van der Waals surface area contributed by atoms with Crippen LogP contribution >= 0.6 is 8.07 Å². The third kappa shape index (κ3) is 2.44. The topological polar surface area (TPSA) is 4.93 Å². The van der Waals surface area contributed by atoms with Crippen LogP contribution in [0.4, 0.5) is 0 Å². The molecule has 2 heteroatoms. The molecule has 1 aliphatic heterocycles. The Labute approximate surface area is 166 Å². The first-order valence-corrected chi connectivity index (χ1v) is 11.4. The molecule has 0 saturated heterocycles. The van der Waals surface area contributed by atoms with Gasteiger partial charge in [-0.1, -0.05) is 72.8 Å². The summed E-state index contributed by atoms with van der Waals surface area (Å²) >= 11 is 0. The van der Waals surface area contributed by atoms with Gasteiger partial charge in [-0.3, -0.25) is 0 Å². The fraction of sp³-hybridized carbons (Fsp3) is 0.0769. The highest BCUT2D eigenvalue weighted by atomic mass is 31.1. The van der Waals surface area contributed by atoms with E-state index in [0.29, 0.717) is 0 Å². The average molecular weight is 377 g/mol. The highest BCUT2D eigenvalue weighted by Crippen LogP contribution is 2.53. The molecule has 0 spiro atoms. The lowest BCUT2D eigenvalue weighted by Gasteiger charge is -2.18. The first kappa shape index (κ1) is 16.1. The molecule has 0 unspecified atom stereocenters. The quantitative estimate of drug-likeness (QED) is 0.268. The van der Waals surface area contributed by atoms with Gasteiger partial charge in [0.15, 0.2) is 0 Å². The summed E-state index contributed by atoms with van der Waals surface area (Å²) in [6.07, 6.45) is 6.71. The fourth-order valence-corrected chi connectivity index (χ4v) is 6.90. The maximum Gasteiger partial charge on any atom is 0.0123 e. The van der Waals surface area contributed by atoms with Gasteiger partial charge in [-0.05, 0) is 55.9 Å². The third-order valence-corrected chi connectivity index (χ3v) is 8.23. The molecule has 0 fully saturated rings. The van der Waals surface area contributed by atoms with Gasteiger partial charge in [-0.25, -0.2) is 0 Å². The molecule has 0 radical (unpaired) electrons. The number of hydrogen-bond acceptors (Lipinski definition) is 0. The molecule has 28 heavy (non-hydrogen) atoms. The normalized spacial score (nSPS) is 14.0. The van der Waals surface area contributed by atoms with E-state index >= 15 is 0 Å². The van der Waals surface area contributed by atoms with Crippen LogP contribution in [-0.4, -0.2) is 4.34 Å². The first-order valence-electron chi connectivity index (χ1n) is 9.78. The lowest BCUT2D eigenvalue weighted by molar-refractivity contribution is 1.19. The van der Waals surface area contributed by atoms with Crippen molar-refractivity contribution in [3.63, 3.8) is 0 Å². The van der Waals surface area contributed by atoms with Crippen molar-refractivity contribution in [3.05, 3.63) is 108 Å². The molecule has 4 aromatic carbocycles. The summed E-state index contributed by atoms with van der Waals surface area (Å²) in [5.41, 5.74) is 5.85. The Bertz CT molecular complexity index is 1230. The van der Waals surface area contributed by atoms with Gasteiger partial charge in [0.2, 0.25) is 0 Å². The van der Waals surface area contributed by atoms with Crippen molar-refractivity contribution in [2.24, 2.45) is 0 Å². The van der Waals surface area contributed by atoms with Gasteiger partial charge in [0.05, 0.1) is 0 Å². The Morgan fingerprint density at radius 3 is 1.57 bits per heavy atom. The molecule has 0 saturated carbocycles. The van der Waals surface area contributed by atoms with Gasteiger partial charge >= 0.3 is 0 Å². The van der Waals surface area contributed by atoms with E-state index in [1.807, 2.05) is 0 Å². The molecule has 2 heterocycles. The zero-order valence-corrected chi connectivity index (χ0v) is 16.4.